The quantitative estimate of drug-likeness (QED) is 0.488. The van der Waals surface area contributed by atoms with Crippen molar-refractivity contribution in [3.05, 3.63) is 36.2 Å². The van der Waals surface area contributed by atoms with Crippen LogP contribution in [0.1, 0.15) is 23.8 Å². The lowest BCUT2D eigenvalue weighted by atomic mass is 10.1. The summed E-state index contributed by atoms with van der Waals surface area (Å²) < 4.78 is 5.33. The second kappa shape index (κ2) is 9.37. The molecule has 0 spiro atoms. The number of fused-ring (bicyclic) bond motifs is 4. The van der Waals surface area contributed by atoms with Gasteiger partial charge in [0.2, 0.25) is 0 Å². The fourth-order valence-electron chi connectivity index (χ4n) is 3.80. The Hall–Kier alpha value is -3.44. The number of urea groups is 1. The minimum absolute atomic E-state index is 0.0536. The zero-order valence-corrected chi connectivity index (χ0v) is 17.7. The number of aliphatic hydroxyl groups excluding tert-OH is 2. The van der Waals surface area contributed by atoms with Gasteiger partial charge in [0.15, 0.2) is 5.82 Å². The Labute approximate surface area is 185 Å². The van der Waals surface area contributed by atoms with E-state index >= 15 is 0 Å². The van der Waals surface area contributed by atoms with E-state index < -0.39 is 12.7 Å². The van der Waals surface area contributed by atoms with Crippen LogP contribution in [0.2, 0.25) is 0 Å². The van der Waals surface area contributed by atoms with Crippen molar-refractivity contribution < 1.29 is 24.5 Å². The highest BCUT2D eigenvalue weighted by atomic mass is 16.5. The molecule has 0 saturated carbocycles. The van der Waals surface area contributed by atoms with Gasteiger partial charge >= 0.3 is 6.03 Å². The first-order chi connectivity index (χ1) is 15.5. The molecular formula is C21H26N6O5. The molecule has 1 saturated heterocycles. The molecule has 2 aromatic heterocycles. The number of carbonyl (C=O) groups is 2. The summed E-state index contributed by atoms with van der Waals surface area (Å²) in [5, 5.41) is 23.7. The number of aliphatic hydroxyl groups is 2. The Morgan fingerprint density at radius 3 is 2.88 bits per heavy atom. The summed E-state index contributed by atoms with van der Waals surface area (Å²) in [6.07, 6.45) is 1.25. The van der Waals surface area contributed by atoms with Crippen LogP contribution in [0, 0.1) is 0 Å². The summed E-state index contributed by atoms with van der Waals surface area (Å²) in [6.45, 7) is 3.38. The van der Waals surface area contributed by atoms with Crippen molar-refractivity contribution in [1.82, 2.24) is 15.3 Å². The van der Waals surface area contributed by atoms with Gasteiger partial charge in [-0.3, -0.25) is 15.0 Å². The van der Waals surface area contributed by atoms with E-state index in [-0.39, 0.29) is 30.3 Å². The van der Waals surface area contributed by atoms with Gasteiger partial charge in [0.05, 0.1) is 24.5 Å². The molecule has 2 aromatic rings. The summed E-state index contributed by atoms with van der Waals surface area (Å²) >= 11 is 0. The van der Waals surface area contributed by atoms with Crippen LogP contribution in [-0.2, 0) is 0 Å². The molecule has 2 bridgehead atoms. The van der Waals surface area contributed by atoms with Crippen LogP contribution < -0.4 is 25.2 Å². The molecular weight excluding hydrogens is 416 g/mol. The maximum absolute atomic E-state index is 13.2. The smallest absolute Gasteiger partial charge is 0.329 e. The maximum Gasteiger partial charge on any atom is 0.329 e. The number of aromatic nitrogens is 2. The first-order valence-electron chi connectivity index (χ1n) is 10.5. The van der Waals surface area contributed by atoms with E-state index in [4.69, 9.17) is 9.84 Å². The largest absolute Gasteiger partial charge is 0.489 e. The number of amides is 3. The first-order valence-corrected chi connectivity index (χ1v) is 10.5. The van der Waals surface area contributed by atoms with Crippen molar-refractivity contribution in [2.45, 2.75) is 25.5 Å². The van der Waals surface area contributed by atoms with Crippen molar-refractivity contribution in [2.75, 3.05) is 48.0 Å². The third kappa shape index (κ3) is 4.43. The van der Waals surface area contributed by atoms with Crippen LogP contribution in [-0.4, -0.2) is 77.1 Å². The summed E-state index contributed by atoms with van der Waals surface area (Å²) in [5.41, 5.74) is 1.08. The molecule has 1 fully saturated rings. The number of carbonyl (C=O) groups excluding carboxylic acids is 2. The molecule has 4 rings (SSSR count). The molecule has 4 N–H and O–H groups in total. The van der Waals surface area contributed by atoms with E-state index in [1.807, 2.05) is 13.0 Å². The predicted octanol–water partition coefficient (Wildman–Crippen LogP) is 0.589. The average Bonchev–Trinajstić information content (AvgIpc) is 3.22. The average molecular weight is 442 g/mol. The number of hydrogen-bond acceptors (Lipinski definition) is 8. The number of ether oxygens (including phenoxy) is 1. The normalized spacial score (nSPS) is 17.5. The maximum atomic E-state index is 13.2. The zero-order chi connectivity index (χ0) is 22.7. The standard InChI is InChI=1S/C21H26N6O5/c1-2-22-20(30)16-4-5-17-19(24-16)27(13-7-8-26(17)10-13)21(31)25-18-6-3-15(9-23-18)32-12-14(29)11-28/h3-6,9,13-14,28-29H,2,7-8,10-12H2,1H3,(H,22,30)(H,23,25,31). The number of rotatable bonds is 7. The van der Waals surface area contributed by atoms with Crippen molar-refractivity contribution in [3.63, 3.8) is 0 Å². The molecule has 2 unspecified atom stereocenters. The van der Waals surface area contributed by atoms with Gasteiger partial charge in [-0.2, -0.15) is 0 Å². The number of hydrogen-bond donors (Lipinski definition) is 4. The highest BCUT2D eigenvalue weighted by Gasteiger charge is 2.40. The first kappa shape index (κ1) is 21.8. The molecule has 2 atom stereocenters. The summed E-state index contributed by atoms with van der Waals surface area (Å²) in [7, 11) is 0. The number of pyridine rings is 2. The molecule has 0 aliphatic carbocycles. The fraction of sp³-hybridized carbons (Fsp3) is 0.429. The van der Waals surface area contributed by atoms with Gasteiger partial charge in [-0.25, -0.2) is 14.8 Å². The topological polar surface area (TPSA) is 140 Å². The summed E-state index contributed by atoms with van der Waals surface area (Å²) in [4.78, 5) is 37.9. The van der Waals surface area contributed by atoms with E-state index in [9.17, 15) is 14.7 Å². The van der Waals surface area contributed by atoms with Crippen LogP contribution in [0.4, 0.5) is 22.1 Å². The lowest BCUT2D eigenvalue weighted by molar-refractivity contribution is 0.0535. The molecule has 3 amide bonds. The predicted molar refractivity (Wildman–Crippen MR) is 117 cm³/mol. The summed E-state index contributed by atoms with van der Waals surface area (Å²) in [6, 6.07) is 6.27. The van der Waals surface area contributed by atoms with Crippen LogP contribution >= 0.6 is 0 Å². The Balaban J connectivity index is 1.51. The molecule has 2 aliphatic heterocycles. The van der Waals surface area contributed by atoms with Crippen molar-refractivity contribution >= 4 is 29.3 Å². The lowest BCUT2D eigenvalue weighted by Crippen LogP contribution is -2.48. The van der Waals surface area contributed by atoms with Gasteiger partial charge in [-0.15, -0.1) is 0 Å². The Bertz CT molecular complexity index is 985. The van der Waals surface area contributed by atoms with Gasteiger partial charge in [0, 0.05) is 19.6 Å². The van der Waals surface area contributed by atoms with Crippen LogP contribution in [0.15, 0.2) is 30.5 Å². The minimum atomic E-state index is -0.976. The monoisotopic (exact) mass is 442 g/mol. The second-order valence-corrected chi connectivity index (χ2v) is 7.61. The SMILES string of the molecule is CCNC(=O)c1ccc2c(n1)N(C(=O)Nc1ccc(OCC(O)CO)cn1)C1CCN2C1. The van der Waals surface area contributed by atoms with Gasteiger partial charge in [-0.1, -0.05) is 0 Å². The highest BCUT2D eigenvalue weighted by molar-refractivity contribution is 6.05. The second-order valence-electron chi connectivity index (χ2n) is 7.61. The van der Waals surface area contributed by atoms with E-state index in [0.717, 1.165) is 18.7 Å². The molecule has 2 aliphatic rings. The van der Waals surface area contributed by atoms with Crippen molar-refractivity contribution in [3.8, 4) is 5.75 Å². The molecule has 0 radical (unpaired) electrons. The molecule has 32 heavy (non-hydrogen) atoms. The van der Waals surface area contributed by atoms with E-state index in [0.29, 0.717) is 30.5 Å². The fourth-order valence-corrected chi connectivity index (χ4v) is 3.80. The number of anilines is 3. The van der Waals surface area contributed by atoms with E-state index in [1.165, 1.54) is 6.20 Å². The molecule has 170 valence electrons. The Morgan fingerprint density at radius 2 is 2.16 bits per heavy atom. The molecule has 4 heterocycles. The molecule has 11 heteroatoms. The van der Waals surface area contributed by atoms with Gasteiger partial charge in [0.25, 0.3) is 5.91 Å². The Kier molecular flexibility index (Phi) is 6.37. The summed E-state index contributed by atoms with van der Waals surface area (Å²) in [5.74, 6) is 0.899. The number of nitrogens with zero attached hydrogens (tertiary/aromatic N) is 4. The van der Waals surface area contributed by atoms with Gasteiger partial charge in [0.1, 0.15) is 30.0 Å². The van der Waals surface area contributed by atoms with Crippen LogP contribution in [0.5, 0.6) is 5.75 Å². The van der Waals surface area contributed by atoms with E-state index in [2.05, 4.69) is 25.5 Å². The van der Waals surface area contributed by atoms with Crippen molar-refractivity contribution in [1.29, 1.82) is 0 Å². The minimum Gasteiger partial charge on any atom is -0.489 e. The zero-order valence-electron chi connectivity index (χ0n) is 17.7. The van der Waals surface area contributed by atoms with Gasteiger partial charge in [-0.05, 0) is 37.6 Å². The van der Waals surface area contributed by atoms with Gasteiger partial charge < -0.3 is 25.2 Å². The Morgan fingerprint density at radius 1 is 1.31 bits per heavy atom. The molecule has 11 nitrogen and oxygen atoms in total. The lowest BCUT2D eigenvalue weighted by Gasteiger charge is -2.35. The third-order valence-corrected chi connectivity index (χ3v) is 5.37. The third-order valence-electron chi connectivity index (χ3n) is 5.37. The number of nitrogens with one attached hydrogen (secondary N) is 2. The highest BCUT2D eigenvalue weighted by Crippen LogP contribution is 2.39. The van der Waals surface area contributed by atoms with Crippen molar-refractivity contribution in [2.24, 2.45) is 0 Å². The van der Waals surface area contributed by atoms with Crippen LogP contribution in [0.3, 0.4) is 0 Å². The van der Waals surface area contributed by atoms with Crippen LogP contribution in [0.25, 0.3) is 0 Å². The molecule has 0 aromatic carbocycles. The van der Waals surface area contributed by atoms with E-state index in [1.54, 1.807) is 23.1 Å².